The highest BCUT2D eigenvalue weighted by Crippen LogP contribution is 2.19. The molecule has 0 saturated carbocycles. The molecule has 1 aliphatic rings. The van der Waals surface area contributed by atoms with Crippen LogP contribution in [-0.4, -0.2) is 72.5 Å². The number of carbonyl (C=O) groups is 3. The van der Waals surface area contributed by atoms with Crippen LogP contribution in [0.25, 0.3) is 10.9 Å². The molecule has 0 bridgehead atoms. The predicted molar refractivity (Wildman–Crippen MR) is 105 cm³/mol. The van der Waals surface area contributed by atoms with E-state index in [1.807, 2.05) is 35.8 Å². The number of rotatable bonds is 6. The topological polar surface area (TPSA) is 136 Å². The predicted octanol–water partition coefficient (Wildman–Crippen LogP) is -2.23. The Morgan fingerprint density at radius 2 is 2.14 bits per heavy atom. The molecule has 1 aliphatic heterocycles. The van der Waals surface area contributed by atoms with Gasteiger partial charge in [0.1, 0.15) is 6.04 Å². The molecule has 9 nitrogen and oxygen atoms in total. The number of aromatic amines is 1. The molecular weight excluding hydrogens is 374 g/mol. The molecule has 1 aromatic carbocycles. The number of esters is 1. The number of nitrogens with two attached hydrogens (primary N) is 1. The lowest BCUT2D eigenvalue weighted by atomic mass is 10.0. The van der Waals surface area contributed by atoms with Gasteiger partial charge in [0, 0.05) is 23.5 Å². The molecule has 0 radical (unpaired) electrons. The smallest absolute Gasteiger partial charge is 0.328 e. The zero-order chi connectivity index (χ0) is 21.0. The van der Waals surface area contributed by atoms with Crippen LogP contribution in [0.3, 0.4) is 0 Å². The highest BCUT2D eigenvalue weighted by atomic mass is 16.5. The summed E-state index contributed by atoms with van der Waals surface area (Å²) in [6, 6.07) is 6.14. The molecule has 1 aromatic heterocycles. The van der Waals surface area contributed by atoms with Gasteiger partial charge in [-0.25, -0.2) is 4.79 Å². The second kappa shape index (κ2) is 9.06. The fourth-order valence-corrected chi connectivity index (χ4v) is 3.67. The number of hydrogen-bond donors (Lipinski definition) is 4. The van der Waals surface area contributed by atoms with Gasteiger partial charge in [-0.3, -0.25) is 9.59 Å². The van der Waals surface area contributed by atoms with Gasteiger partial charge in [0.15, 0.2) is 12.1 Å². The Bertz CT molecular complexity index is 894. The number of para-hydroxylation sites is 1. The zero-order valence-electron chi connectivity index (χ0n) is 16.8. The molecule has 2 aromatic rings. The summed E-state index contributed by atoms with van der Waals surface area (Å²) < 4.78 is 4.91. The molecule has 0 spiro atoms. The molecule has 0 unspecified atom stereocenters. The minimum absolute atomic E-state index is 0.0702. The Hall–Kier alpha value is -2.91. The molecule has 3 rings (SSSR count). The van der Waals surface area contributed by atoms with Crippen LogP contribution in [0, 0.1) is 0 Å². The number of carbonyl (C=O) groups excluding carboxylic acids is 3. The minimum atomic E-state index is -0.807. The summed E-state index contributed by atoms with van der Waals surface area (Å²) in [7, 11) is 1.31. The number of hydrogen-bond acceptors (Lipinski definition) is 4. The lowest BCUT2D eigenvalue weighted by molar-refractivity contribution is -0.684. The molecule has 2 amide bonds. The standard InChI is InChI=1S/C20H27N5O4/c1-12(21)19(27)25-8-7-22-17(11-25)18(26)24-16(20(28)29-2)9-13-10-23-15-6-4-3-5-14(13)15/h3-6,10,12,16-17,22-23H,7-9,11,21H2,1-2H3,(H,24,26)/p+2/t12-,16-,17-/m0/s1. The van der Waals surface area contributed by atoms with Crippen molar-refractivity contribution in [1.29, 1.82) is 0 Å². The second-order valence-corrected chi connectivity index (χ2v) is 7.46. The van der Waals surface area contributed by atoms with Crippen LogP contribution in [0.5, 0.6) is 0 Å². The van der Waals surface area contributed by atoms with Gasteiger partial charge >= 0.3 is 5.97 Å². The normalized spacial score (nSPS) is 18.9. The van der Waals surface area contributed by atoms with Crippen molar-refractivity contribution in [1.82, 2.24) is 15.2 Å². The van der Waals surface area contributed by atoms with Crippen molar-refractivity contribution in [3.8, 4) is 0 Å². The van der Waals surface area contributed by atoms with E-state index in [4.69, 9.17) is 4.74 Å². The molecule has 9 heteroatoms. The van der Waals surface area contributed by atoms with Crippen molar-refractivity contribution in [2.24, 2.45) is 0 Å². The van der Waals surface area contributed by atoms with E-state index in [0.29, 0.717) is 26.1 Å². The molecule has 3 atom stereocenters. The van der Waals surface area contributed by atoms with Crippen LogP contribution >= 0.6 is 0 Å². The van der Waals surface area contributed by atoms with Gasteiger partial charge in [-0.15, -0.1) is 0 Å². The van der Waals surface area contributed by atoms with E-state index in [1.54, 1.807) is 11.8 Å². The Kier molecular flexibility index (Phi) is 6.50. The fourth-order valence-electron chi connectivity index (χ4n) is 3.67. The van der Waals surface area contributed by atoms with Crippen LogP contribution in [0.2, 0.25) is 0 Å². The van der Waals surface area contributed by atoms with Crippen LogP contribution in [0.4, 0.5) is 0 Å². The highest BCUT2D eigenvalue weighted by Gasteiger charge is 2.35. The van der Waals surface area contributed by atoms with E-state index in [9.17, 15) is 14.4 Å². The van der Waals surface area contributed by atoms with Crippen molar-refractivity contribution in [2.75, 3.05) is 26.7 Å². The monoisotopic (exact) mass is 403 g/mol. The number of aromatic nitrogens is 1. The number of benzene rings is 1. The van der Waals surface area contributed by atoms with Crippen LogP contribution in [0.15, 0.2) is 30.5 Å². The van der Waals surface area contributed by atoms with Crippen molar-refractivity contribution >= 4 is 28.7 Å². The van der Waals surface area contributed by atoms with Crippen LogP contribution in [-0.2, 0) is 25.5 Å². The third kappa shape index (κ3) is 4.75. The molecule has 7 N–H and O–H groups in total. The zero-order valence-corrected chi connectivity index (χ0v) is 16.8. The minimum Gasteiger partial charge on any atom is -0.467 e. The molecule has 1 saturated heterocycles. The van der Waals surface area contributed by atoms with Gasteiger partial charge < -0.3 is 31.0 Å². The molecular formula is C20H29N5O4+2. The van der Waals surface area contributed by atoms with Gasteiger partial charge in [-0.1, -0.05) is 18.2 Å². The summed E-state index contributed by atoms with van der Waals surface area (Å²) >= 11 is 0. The van der Waals surface area contributed by atoms with Gasteiger partial charge in [0.25, 0.3) is 11.8 Å². The summed E-state index contributed by atoms with van der Waals surface area (Å²) in [5.74, 6) is -0.854. The van der Waals surface area contributed by atoms with Gasteiger partial charge in [0.05, 0.1) is 26.7 Å². The first kappa shape index (κ1) is 20.8. The van der Waals surface area contributed by atoms with Crippen molar-refractivity contribution < 1.29 is 30.2 Å². The Morgan fingerprint density at radius 1 is 1.38 bits per heavy atom. The fraction of sp³-hybridized carbons (Fsp3) is 0.450. The van der Waals surface area contributed by atoms with Crippen LogP contribution < -0.4 is 16.4 Å². The van der Waals surface area contributed by atoms with Crippen molar-refractivity contribution in [3.63, 3.8) is 0 Å². The molecule has 156 valence electrons. The summed E-state index contributed by atoms with van der Waals surface area (Å²) in [5.41, 5.74) is 5.66. The van der Waals surface area contributed by atoms with Crippen molar-refractivity contribution in [2.45, 2.75) is 31.5 Å². The summed E-state index contributed by atoms with van der Waals surface area (Å²) in [4.78, 5) is 42.2. The Balaban J connectivity index is 1.70. The van der Waals surface area contributed by atoms with Crippen LogP contribution in [0.1, 0.15) is 12.5 Å². The van der Waals surface area contributed by atoms with E-state index in [0.717, 1.165) is 16.5 Å². The highest BCUT2D eigenvalue weighted by molar-refractivity contribution is 5.89. The molecule has 1 fully saturated rings. The number of quaternary nitrogens is 2. The van der Waals surface area contributed by atoms with E-state index in [2.05, 4.69) is 16.0 Å². The molecule has 2 heterocycles. The van der Waals surface area contributed by atoms with E-state index < -0.39 is 18.1 Å². The van der Waals surface area contributed by atoms with Gasteiger partial charge in [0.2, 0.25) is 0 Å². The van der Waals surface area contributed by atoms with E-state index in [1.165, 1.54) is 7.11 Å². The average molecular weight is 403 g/mol. The summed E-state index contributed by atoms with van der Waals surface area (Å²) in [6.07, 6.45) is 2.16. The largest absolute Gasteiger partial charge is 0.467 e. The lowest BCUT2D eigenvalue weighted by Crippen LogP contribution is -2.98. The first-order valence-electron chi connectivity index (χ1n) is 9.79. The maximum atomic E-state index is 12.8. The average Bonchev–Trinajstić information content (AvgIpc) is 3.15. The second-order valence-electron chi connectivity index (χ2n) is 7.46. The number of H-pyrrole nitrogens is 1. The van der Waals surface area contributed by atoms with Crippen molar-refractivity contribution in [3.05, 3.63) is 36.0 Å². The number of amides is 2. The SMILES string of the molecule is COC(=O)[C@H](Cc1c[nH]c2ccccc12)NC(=O)[C@@H]1CN(C(=O)[C@H](C)[NH3+])CC[NH2+]1. The number of ether oxygens (including phenoxy) is 1. The van der Waals surface area contributed by atoms with Gasteiger partial charge in [-0.2, -0.15) is 0 Å². The third-order valence-corrected chi connectivity index (χ3v) is 5.24. The number of piperazine rings is 1. The number of nitrogens with one attached hydrogen (secondary N) is 2. The Morgan fingerprint density at radius 3 is 2.86 bits per heavy atom. The maximum absolute atomic E-state index is 12.8. The van der Waals surface area contributed by atoms with E-state index >= 15 is 0 Å². The summed E-state index contributed by atoms with van der Waals surface area (Å²) in [5, 5.41) is 5.71. The lowest BCUT2D eigenvalue weighted by Gasteiger charge is -2.31. The first-order chi connectivity index (χ1) is 13.9. The number of methoxy groups -OCH3 is 1. The maximum Gasteiger partial charge on any atom is 0.328 e. The number of nitrogens with zero attached hydrogens (tertiary/aromatic N) is 1. The number of fused-ring (bicyclic) bond motifs is 1. The molecule has 0 aliphatic carbocycles. The summed E-state index contributed by atoms with van der Waals surface area (Å²) in [6.45, 7) is 3.25. The van der Waals surface area contributed by atoms with Gasteiger partial charge in [-0.05, 0) is 18.6 Å². The Labute approximate surface area is 168 Å². The van der Waals surface area contributed by atoms with E-state index in [-0.39, 0.29) is 17.9 Å². The quantitative estimate of drug-likeness (QED) is 0.406. The first-order valence-corrected chi connectivity index (χ1v) is 9.79. The third-order valence-electron chi connectivity index (χ3n) is 5.24. The molecule has 29 heavy (non-hydrogen) atoms.